The molecule has 0 unspecified atom stereocenters. The summed E-state index contributed by atoms with van der Waals surface area (Å²) in [7, 11) is 0. The van der Waals surface area contributed by atoms with E-state index in [-0.39, 0.29) is 5.91 Å². The van der Waals surface area contributed by atoms with Gasteiger partial charge in [-0.3, -0.25) is 4.79 Å². The van der Waals surface area contributed by atoms with Crippen LogP contribution in [0.4, 0.5) is 11.4 Å². The Morgan fingerprint density at radius 3 is 2.25 bits per heavy atom. The van der Waals surface area contributed by atoms with Gasteiger partial charge >= 0.3 is 0 Å². The van der Waals surface area contributed by atoms with Crippen molar-refractivity contribution in [3.8, 4) is 11.5 Å². The minimum atomic E-state index is -0.196. The van der Waals surface area contributed by atoms with Crippen molar-refractivity contribution in [2.24, 2.45) is 0 Å². The zero-order valence-corrected chi connectivity index (χ0v) is 13.3. The van der Waals surface area contributed by atoms with Gasteiger partial charge in [0.05, 0.1) is 0 Å². The average molecular weight is 318 g/mol. The number of benzene rings is 3. The highest BCUT2D eigenvalue weighted by Crippen LogP contribution is 2.23. The molecule has 3 aromatic carbocycles. The summed E-state index contributed by atoms with van der Waals surface area (Å²) in [5.74, 6) is 1.28. The number of amides is 1. The van der Waals surface area contributed by atoms with Crippen molar-refractivity contribution in [3.63, 3.8) is 0 Å². The molecule has 120 valence electrons. The predicted octanol–water partition coefficient (Wildman–Crippen LogP) is 4.62. The van der Waals surface area contributed by atoms with Gasteiger partial charge in [0.15, 0.2) is 0 Å². The van der Waals surface area contributed by atoms with Crippen molar-refractivity contribution < 1.29 is 9.53 Å². The molecule has 0 aliphatic rings. The zero-order chi connectivity index (χ0) is 16.9. The molecule has 3 N–H and O–H groups in total. The van der Waals surface area contributed by atoms with Gasteiger partial charge < -0.3 is 15.8 Å². The Morgan fingerprint density at radius 2 is 1.58 bits per heavy atom. The quantitative estimate of drug-likeness (QED) is 0.690. The molecule has 0 spiro atoms. The van der Waals surface area contributed by atoms with E-state index in [9.17, 15) is 4.79 Å². The van der Waals surface area contributed by atoms with Crippen LogP contribution in [-0.2, 0) is 0 Å². The summed E-state index contributed by atoms with van der Waals surface area (Å²) in [6.07, 6.45) is 0. The van der Waals surface area contributed by atoms with Gasteiger partial charge in [-0.25, -0.2) is 0 Å². The number of ether oxygens (including phenoxy) is 1. The van der Waals surface area contributed by atoms with Crippen molar-refractivity contribution >= 4 is 17.3 Å². The molecule has 0 aliphatic carbocycles. The van der Waals surface area contributed by atoms with Crippen molar-refractivity contribution in [1.82, 2.24) is 0 Å². The molecule has 0 aromatic heterocycles. The molecular weight excluding hydrogens is 300 g/mol. The lowest BCUT2D eigenvalue weighted by molar-refractivity contribution is 0.102. The summed E-state index contributed by atoms with van der Waals surface area (Å²) in [4.78, 5) is 12.3. The van der Waals surface area contributed by atoms with Crippen LogP contribution in [-0.4, -0.2) is 5.91 Å². The number of nitrogens with two attached hydrogens (primary N) is 1. The molecular formula is C20H18N2O2. The van der Waals surface area contributed by atoms with E-state index in [0.717, 1.165) is 11.3 Å². The zero-order valence-electron chi connectivity index (χ0n) is 13.3. The summed E-state index contributed by atoms with van der Waals surface area (Å²) >= 11 is 0. The maximum atomic E-state index is 12.3. The number of nitrogens with one attached hydrogen (secondary N) is 1. The molecule has 24 heavy (non-hydrogen) atoms. The minimum Gasteiger partial charge on any atom is -0.457 e. The number of hydrogen-bond acceptors (Lipinski definition) is 3. The number of rotatable bonds is 4. The number of carbonyl (C=O) groups excluding carboxylic acids is 1. The largest absolute Gasteiger partial charge is 0.457 e. The molecule has 0 bridgehead atoms. The van der Waals surface area contributed by atoms with Gasteiger partial charge in [0, 0.05) is 16.9 Å². The maximum Gasteiger partial charge on any atom is 0.255 e. The number of aryl methyl sites for hydroxylation is 1. The molecule has 0 heterocycles. The summed E-state index contributed by atoms with van der Waals surface area (Å²) in [6, 6.07) is 22.0. The normalized spacial score (nSPS) is 10.2. The molecule has 0 saturated carbocycles. The van der Waals surface area contributed by atoms with Gasteiger partial charge in [-0.2, -0.15) is 0 Å². The molecule has 4 nitrogen and oxygen atoms in total. The van der Waals surface area contributed by atoms with Gasteiger partial charge in [0.2, 0.25) is 0 Å². The van der Waals surface area contributed by atoms with E-state index >= 15 is 0 Å². The molecule has 0 aliphatic heterocycles. The van der Waals surface area contributed by atoms with Crippen LogP contribution in [0.15, 0.2) is 72.8 Å². The first kappa shape index (κ1) is 15.6. The molecule has 4 heteroatoms. The molecule has 1 amide bonds. The first-order valence-electron chi connectivity index (χ1n) is 7.62. The highest BCUT2D eigenvalue weighted by atomic mass is 16.5. The summed E-state index contributed by atoms with van der Waals surface area (Å²) < 4.78 is 5.72. The number of para-hydroxylation sites is 1. The standard InChI is InChI=1S/C20H18N2O2/c1-14-7-8-15(13-19(14)21)20(23)22-16-9-11-18(12-10-16)24-17-5-3-2-4-6-17/h2-13H,21H2,1H3,(H,22,23). The number of carbonyl (C=O) groups is 1. The van der Waals surface area contributed by atoms with Gasteiger partial charge in [-0.05, 0) is 61.0 Å². The van der Waals surface area contributed by atoms with Crippen LogP contribution >= 0.6 is 0 Å². The molecule has 0 radical (unpaired) electrons. The van der Waals surface area contributed by atoms with Crippen molar-refractivity contribution in [2.75, 3.05) is 11.1 Å². The van der Waals surface area contributed by atoms with Gasteiger partial charge in [0.1, 0.15) is 11.5 Å². The maximum absolute atomic E-state index is 12.3. The Hall–Kier alpha value is -3.27. The van der Waals surface area contributed by atoms with Gasteiger partial charge in [-0.1, -0.05) is 24.3 Å². The fourth-order valence-electron chi connectivity index (χ4n) is 2.22. The number of anilines is 2. The molecule has 3 rings (SSSR count). The van der Waals surface area contributed by atoms with E-state index in [1.54, 1.807) is 24.3 Å². The third-order valence-corrected chi connectivity index (χ3v) is 3.63. The minimum absolute atomic E-state index is 0.196. The van der Waals surface area contributed by atoms with E-state index in [4.69, 9.17) is 10.5 Å². The van der Waals surface area contributed by atoms with Gasteiger partial charge in [-0.15, -0.1) is 0 Å². The molecule has 0 atom stereocenters. The molecule has 3 aromatic rings. The van der Waals surface area contributed by atoms with Crippen LogP contribution in [0.5, 0.6) is 11.5 Å². The third-order valence-electron chi connectivity index (χ3n) is 3.63. The van der Waals surface area contributed by atoms with Crippen LogP contribution < -0.4 is 15.8 Å². The first-order valence-corrected chi connectivity index (χ1v) is 7.62. The second kappa shape index (κ2) is 6.87. The van der Waals surface area contributed by atoms with Crippen LogP contribution in [0.25, 0.3) is 0 Å². The lowest BCUT2D eigenvalue weighted by atomic mass is 10.1. The average Bonchev–Trinajstić information content (AvgIpc) is 2.60. The summed E-state index contributed by atoms with van der Waals surface area (Å²) in [5.41, 5.74) is 8.63. The first-order chi connectivity index (χ1) is 11.6. The fourth-order valence-corrected chi connectivity index (χ4v) is 2.22. The number of nitrogen functional groups attached to an aromatic ring is 1. The Bertz CT molecular complexity index is 843. The van der Waals surface area contributed by atoms with E-state index in [2.05, 4.69) is 5.32 Å². The fraction of sp³-hybridized carbons (Fsp3) is 0.0500. The van der Waals surface area contributed by atoms with Crippen molar-refractivity contribution in [3.05, 3.63) is 83.9 Å². The third kappa shape index (κ3) is 3.73. The van der Waals surface area contributed by atoms with Crippen molar-refractivity contribution in [2.45, 2.75) is 6.92 Å². The topological polar surface area (TPSA) is 64.3 Å². The molecule has 0 saturated heterocycles. The van der Waals surface area contributed by atoms with Crippen molar-refractivity contribution in [1.29, 1.82) is 0 Å². The van der Waals surface area contributed by atoms with E-state index in [1.165, 1.54) is 0 Å². The van der Waals surface area contributed by atoms with Crippen LogP contribution in [0.2, 0.25) is 0 Å². The monoisotopic (exact) mass is 318 g/mol. The highest BCUT2D eigenvalue weighted by Gasteiger charge is 2.07. The summed E-state index contributed by atoms with van der Waals surface area (Å²) in [6.45, 7) is 1.91. The lowest BCUT2D eigenvalue weighted by Crippen LogP contribution is -2.12. The molecule has 0 fully saturated rings. The second-order valence-corrected chi connectivity index (χ2v) is 5.46. The lowest BCUT2D eigenvalue weighted by Gasteiger charge is -2.09. The Morgan fingerprint density at radius 1 is 0.917 bits per heavy atom. The van der Waals surface area contributed by atoms with E-state index in [0.29, 0.717) is 22.7 Å². The number of hydrogen-bond donors (Lipinski definition) is 2. The Balaban J connectivity index is 1.67. The highest BCUT2D eigenvalue weighted by molar-refractivity contribution is 6.04. The van der Waals surface area contributed by atoms with E-state index < -0.39 is 0 Å². The second-order valence-electron chi connectivity index (χ2n) is 5.46. The summed E-state index contributed by atoms with van der Waals surface area (Å²) in [5, 5.41) is 2.85. The predicted molar refractivity (Wildman–Crippen MR) is 96.5 cm³/mol. The smallest absolute Gasteiger partial charge is 0.255 e. The van der Waals surface area contributed by atoms with Crippen LogP contribution in [0.3, 0.4) is 0 Å². The Kier molecular flexibility index (Phi) is 4.47. The van der Waals surface area contributed by atoms with Gasteiger partial charge in [0.25, 0.3) is 5.91 Å². The Labute approximate surface area is 140 Å². The van der Waals surface area contributed by atoms with Crippen LogP contribution in [0, 0.1) is 6.92 Å². The van der Waals surface area contributed by atoms with Crippen LogP contribution in [0.1, 0.15) is 15.9 Å². The van der Waals surface area contributed by atoms with E-state index in [1.807, 2.05) is 55.5 Å². The SMILES string of the molecule is Cc1ccc(C(=O)Nc2ccc(Oc3ccccc3)cc2)cc1N.